The fraction of sp³-hybridized carbons (Fsp3) is 0.154. The maximum absolute atomic E-state index is 9.19. The molecule has 0 saturated heterocycles. The van der Waals surface area contributed by atoms with Crippen LogP contribution in [0.5, 0.6) is 0 Å². The number of nitrogens with zero attached hydrogens (tertiary/aromatic N) is 2. The third kappa shape index (κ3) is 14.1. The Morgan fingerprint density at radius 1 is 0.960 bits per heavy atom. The molecule has 0 radical (unpaired) electrons. The number of hydrogen-bond acceptors (Lipinski definition) is 7. The molecular weight excluding hydrogens is 390 g/mol. The minimum absolute atomic E-state index is 0.288. The Bertz CT molecular complexity index is 854. The van der Waals surface area contributed by atoms with Crippen LogP contribution >= 0.6 is 12.2 Å². The zero-order valence-electron chi connectivity index (χ0n) is 13.3. The number of rotatable bonds is 2. The Balaban J connectivity index is 0.000000480. The van der Waals surface area contributed by atoms with Gasteiger partial charge in [0.2, 0.25) is 0 Å². The van der Waals surface area contributed by atoms with E-state index in [1.54, 1.807) is 12.4 Å². The predicted octanol–water partition coefficient (Wildman–Crippen LogP) is 0.786. The Morgan fingerprint density at radius 3 is 1.84 bits per heavy atom. The molecule has 0 saturated carbocycles. The first-order valence-electron chi connectivity index (χ1n) is 6.30. The van der Waals surface area contributed by atoms with Gasteiger partial charge in [-0.3, -0.25) is 19.1 Å². The summed E-state index contributed by atoms with van der Waals surface area (Å²) >= 11 is 4.94. The second-order valence-electron chi connectivity index (χ2n) is 4.44. The molecule has 9 nitrogen and oxygen atoms in total. The molecule has 0 fully saturated rings. The molecule has 4 N–H and O–H groups in total. The SMILES string of the molecule is CS(=O)(=O)O.CS(=O)(=O)O.NC(=S)c1ncccc1-c1ccccn1. The molecule has 2 rings (SSSR count). The highest BCUT2D eigenvalue weighted by Gasteiger charge is 2.08. The lowest BCUT2D eigenvalue weighted by molar-refractivity contribution is 0.488. The lowest BCUT2D eigenvalue weighted by atomic mass is 10.1. The molecule has 0 aliphatic rings. The quantitative estimate of drug-likeness (QED) is 0.479. The third-order valence-corrected chi connectivity index (χ3v) is 2.18. The van der Waals surface area contributed by atoms with Crippen LogP contribution in [0.25, 0.3) is 11.3 Å². The molecule has 25 heavy (non-hydrogen) atoms. The van der Waals surface area contributed by atoms with Crippen molar-refractivity contribution >= 4 is 37.4 Å². The van der Waals surface area contributed by atoms with Gasteiger partial charge in [0.1, 0.15) is 10.7 Å². The smallest absolute Gasteiger partial charge is 0.261 e. The summed E-state index contributed by atoms with van der Waals surface area (Å²) in [5.41, 5.74) is 7.90. The van der Waals surface area contributed by atoms with Crippen molar-refractivity contribution in [2.24, 2.45) is 5.73 Å². The molecule has 138 valence electrons. The normalized spacial score (nSPS) is 10.6. The molecule has 12 heteroatoms. The first-order valence-corrected chi connectivity index (χ1v) is 10.4. The minimum atomic E-state index is -3.67. The van der Waals surface area contributed by atoms with Crippen molar-refractivity contribution in [2.75, 3.05) is 12.5 Å². The van der Waals surface area contributed by atoms with E-state index in [0.29, 0.717) is 18.2 Å². The van der Waals surface area contributed by atoms with Gasteiger partial charge in [-0.15, -0.1) is 0 Å². The average molecular weight is 407 g/mol. The lowest BCUT2D eigenvalue weighted by Crippen LogP contribution is -2.13. The van der Waals surface area contributed by atoms with E-state index in [4.69, 9.17) is 27.1 Å². The number of thiocarbonyl (C=S) groups is 1. The molecule has 2 aromatic heterocycles. The molecule has 0 aliphatic heterocycles. The van der Waals surface area contributed by atoms with Crippen LogP contribution in [0.1, 0.15) is 5.69 Å². The van der Waals surface area contributed by atoms with Gasteiger partial charge < -0.3 is 5.73 Å². The fourth-order valence-corrected chi connectivity index (χ4v) is 1.49. The Morgan fingerprint density at radius 2 is 1.44 bits per heavy atom. The van der Waals surface area contributed by atoms with Crippen molar-refractivity contribution in [3.63, 3.8) is 0 Å². The highest BCUT2D eigenvalue weighted by atomic mass is 32.2. The van der Waals surface area contributed by atoms with Crippen LogP contribution in [-0.4, -0.2) is 53.4 Å². The van der Waals surface area contributed by atoms with Crippen LogP contribution in [0.3, 0.4) is 0 Å². The van der Waals surface area contributed by atoms with Crippen LogP contribution in [0.4, 0.5) is 0 Å². The van der Waals surface area contributed by atoms with Crippen LogP contribution in [0.2, 0.25) is 0 Å². The molecule has 0 unspecified atom stereocenters. The summed E-state index contributed by atoms with van der Waals surface area (Å²) < 4.78 is 51.7. The van der Waals surface area contributed by atoms with Crippen LogP contribution in [-0.2, 0) is 20.2 Å². The number of hydrogen-bond donors (Lipinski definition) is 3. The second kappa shape index (κ2) is 10.1. The van der Waals surface area contributed by atoms with Gasteiger partial charge in [0.25, 0.3) is 20.2 Å². The van der Waals surface area contributed by atoms with E-state index >= 15 is 0 Å². The predicted molar refractivity (Wildman–Crippen MR) is 98.3 cm³/mol. The van der Waals surface area contributed by atoms with E-state index in [-0.39, 0.29) is 4.99 Å². The lowest BCUT2D eigenvalue weighted by Gasteiger charge is -2.05. The van der Waals surface area contributed by atoms with E-state index in [1.807, 2.05) is 30.3 Å². The summed E-state index contributed by atoms with van der Waals surface area (Å²) in [4.78, 5) is 8.67. The zero-order valence-corrected chi connectivity index (χ0v) is 15.7. The van der Waals surface area contributed by atoms with E-state index in [2.05, 4.69) is 9.97 Å². The molecule has 0 aliphatic carbocycles. The summed E-state index contributed by atoms with van der Waals surface area (Å²) in [5, 5.41) is 0. The Labute approximate surface area is 151 Å². The van der Waals surface area contributed by atoms with E-state index in [1.165, 1.54) is 0 Å². The average Bonchev–Trinajstić information content (AvgIpc) is 2.44. The highest BCUT2D eigenvalue weighted by molar-refractivity contribution is 7.85. The zero-order chi connectivity index (χ0) is 19.7. The van der Waals surface area contributed by atoms with Gasteiger partial charge in [-0.25, -0.2) is 0 Å². The summed E-state index contributed by atoms with van der Waals surface area (Å²) in [7, 11) is -7.33. The first-order chi connectivity index (χ1) is 11.3. The van der Waals surface area contributed by atoms with Gasteiger partial charge in [-0.05, 0) is 24.3 Å². The van der Waals surface area contributed by atoms with Gasteiger partial charge in [0.05, 0.1) is 18.2 Å². The monoisotopic (exact) mass is 407 g/mol. The van der Waals surface area contributed by atoms with Crippen molar-refractivity contribution in [1.29, 1.82) is 0 Å². The minimum Gasteiger partial charge on any atom is -0.388 e. The molecule has 2 aromatic rings. The van der Waals surface area contributed by atoms with E-state index in [0.717, 1.165) is 11.3 Å². The van der Waals surface area contributed by atoms with Crippen molar-refractivity contribution in [3.05, 3.63) is 48.4 Å². The number of pyridine rings is 2. The van der Waals surface area contributed by atoms with Gasteiger partial charge in [-0.1, -0.05) is 18.3 Å². The molecule has 0 bridgehead atoms. The van der Waals surface area contributed by atoms with Crippen molar-refractivity contribution < 1.29 is 25.9 Å². The van der Waals surface area contributed by atoms with E-state index < -0.39 is 20.2 Å². The maximum Gasteiger partial charge on any atom is 0.261 e. The highest BCUT2D eigenvalue weighted by Crippen LogP contribution is 2.18. The summed E-state index contributed by atoms with van der Waals surface area (Å²) in [6.07, 6.45) is 4.83. The topological polar surface area (TPSA) is 161 Å². The molecule has 0 aromatic carbocycles. The van der Waals surface area contributed by atoms with Crippen molar-refractivity contribution in [3.8, 4) is 11.3 Å². The maximum atomic E-state index is 9.19. The largest absolute Gasteiger partial charge is 0.388 e. The number of nitrogens with two attached hydrogens (primary N) is 1. The van der Waals surface area contributed by atoms with Gasteiger partial charge in [0, 0.05) is 18.0 Å². The van der Waals surface area contributed by atoms with Gasteiger partial charge in [-0.2, -0.15) is 16.8 Å². The van der Waals surface area contributed by atoms with Crippen molar-refractivity contribution in [1.82, 2.24) is 9.97 Å². The van der Waals surface area contributed by atoms with Crippen molar-refractivity contribution in [2.45, 2.75) is 0 Å². The standard InChI is InChI=1S/C11H9N3S.2CH4O3S/c12-11(15)10-8(4-3-7-14-10)9-5-1-2-6-13-9;2*1-5(2,3)4/h1-7H,(H2,12,15);2*1H3,(H,2,3,4). The molecular formula is C13H17N3O6S3. The van der Waals surface area contributed by atoms with E-state index in [9.17, 15) is 16.8 Å². The Hall–Kier alpha value is -1.99. The van der Waals surface area contributed by atoms with Crippen LogP contribution in [0.15, 0.2) is 42.7 Å². The summed E-state index contributed by atoms with van der Waals surface area (Å²) in [6.45, 7) is 0. The third-order valence-electron chi connectivity index (χ3n) is 1.98. The molecule has 0 amide bonds. The molecule has 0 spiro atoms. The Kier molecular flexibility index (Phi) is 9.30. The summed E-state index contributed by atoms with van der Waals surface area (Å²) in [6, 6.07) is 9.42. The fourth-order valence-electron chi connectivity index (χ4n) is 1.33. The summed E-state index contributed by atoms with van der Waals surface area (Å²) in [5.74, 6) is 0. The first kappa shape index (κ1) is 23.0. The second-order valence-corrected chi connectivity index (χ2v) is 7.82. The molecule has 2 heterocycles. The van der Waals surface area contributed by atoms with Crippen LogP contribution < -0.4 is 5.73 Å². The van der Waals surface area contributed by atoms with Crippen LogP contribution in [0, 0.1) is 0 Å². The number of aromatic nitrogens is 2. The van der Waals surface area contributed by atoms with Gasteiger partial charge in [0.15, 0.2) is 0 Å². The van der Waals surface area contributed by atoms with Gasteiger partial charge >= 0.3 is 0 Å². The molecule has 0 atom stereocenters.